The van der Waals surface area contributed by atoms with E-state index in [0.717, 1.165) is 15.4 Å². The summed E-state index contributed by atoms with van der Waals surface area (Å²) >= 11 is 15.2. The van der Waals surface area contributed by atoms with Crippen molar-refractivity contribution in [1.82, 2.24) is 4.98 Å². The van der Waals surface area contributed by atoms with Gasteiger partial charge in [0.25, 0.3) is 0 Å². The van der Waals surface area contributed by atoms with Gasteiger partial charge in [0.1, 0.15) is 5.15 Å². The summed E-state index contributed by atoms with van der Waals surface area (Å²) in [6, 6.07) is 7.36. The van der Waals surface area contributed by atoms with E-state index >= 15 is 0 Å². The molecule has 2 rings (SSSR count). The van der Waals surface area contributed by atoms with E-state index in [9.17, 15) is 0 Å². The number of benzene rings is 1. The van der Waals surface area contributed by atoms with Crippen molar-refractivity contribution in [3.8, 4) is 0 Å². The molecule has 0 amide bonds. The van der Waals surface area contributed by atoms with Crippen LogP contribution in [0, 0.1) is 0 Å². The van der Waals surface area contributed by atoms with Crippen LogP contribution >= 0.6 is 39.1 Å². The van der Waals surface area contributed by atoms with E-state index in [1.165, 1.54) is 0 Å². The maximum absolute atomic E-state index is 5.99. The molecule has 0 unspecified atom stereocenters. The highest BCUT2D eigenvalue weighted by atomic mass is 79.9. The number of rotatable bonds is 0. The third-order valence-electron chi connectivity index (χ3n) is 1.71. The molecule has 4 heteroatoms. The number of nitrogens with zero attached hydrogens (tertiary/aromatic N) is 1. The number of hydrogen-bond acceptors (Lipinski definition) is 1. The summed E-state index contributed by atoms with van der Waals surface area (Å²) in [7, 11) is 0. The Morgan fingerprint density at radius 3 is 2.77 bits per heavy atom. The molecule has 0 bridgehead atoms. The molecule has 0 fully saturated rings. The molecule has 1 nitrogen and oxygen atoms in total. The second kappa shape index (κ2) is 3.45. The van der Waals surface area contributed by atoms with Gasteiger partial charge >= 0.3 is 0 Å². The van der Waals surface area contributed by atoms with Crippen molar-refractivity contribution in [2.75, 3.05) is 0 Å². The van der Waals surface area contributed by atoms with Crippen LogP contribution in [0.25, 0.3) is 10.9 Å². The lowest BCUT2D eigenvalue weighted by Crippen LogP contribution is -1.82. The van der Waals surface area contributed by atoms with Crippen LogP contribution in [0.5, 0.6) is 0 Å². The monoisotopic (exact) mass is 275 g/mol. The van der Waals surface area contributed by atoms with Gasteiger partial charge in [-0.2, -0.15) is 0 Å². The quantitative estimate of drug-likeness (QED) is 0.654. The Morgan fingerprint density at radius 2 is 2.00 bits per heavy atom. The van der Waals surface area contributed by atoms with Crippen LogP contribution in [-0.4, -0.2) is 4.98 Å². The Morgan fingerprint density at radius 1 is 1.23 bits per heavy atom. The molecule has 0 spiro atoms. The second-order valence-corrected chi connectivity index (χ2v) is 4.21. The number of pyridine rings is 1. The van der Waals surface area contributed by atoms with E-state index < -0.39 is 0 Å². The van der Waals surface area contributed by atoms with Gasteiger partial charge in [-0.1, -0.05) is 35.3 Å². The molecule has 2 aromatic rings. The van der Waals surface area contributed by atoms with E-state index in [0.29, 0.717) is 10.2 Å². The summed E-state index contributed by atoms with van der Waals surface area (Å²) in [6.07, 6.45) is 0. The van der Waals surface area contributed by atoms with Crippen LogP contribution < -0.4 is 0 Å². The fourth-order valence-electron chi connectivity index (χ4n) is 1.14. The third-order valence-corrected chi connectivity index (χ3v) is 2.85. The molecule has 0 aliphatic rings. The molecule has 1 heterocycles. The van der Waals surface area contributed by atoms with Gasteiger partial charge in [-0.25, -0.2) is 4.98 Å². The zero-order valence-electron chi connectivity index (χ0n) is 6.39. The molecule has 0 aliphatic heterocycles. The Balaban J connectivity index is 2.94. The van der Waals surface area contributed by atoms with E-state index in [1.807, 2.05) is 18.2 Å². The number of fused-ring (bicyclic) bond motifs is 1. The lowest BCUT2D eigenvalue weighted by Gasteiger charge is -2.01. The van der Waals surface area contributed by atoms with Gasteiger partial charge in [-0.05, 0) is 28.1 Å². The van der Waals surface area contributed by atoms with Crippen molar-refractivity contribution in [1.29, 1.82) is 0 Å². The third kappa shape index (κ3) is 1.66. The fourth-order valence-corrected chi connectivity index (χ4v) is 2.10. The lowest BCUT2D eigenvalue weighted by atomic mass is 10.2. The molecule has 0 N–H and O–H groups in total. The van der Waals surface area contributed by atoms with Crippen molar-refractivity contribution in [3.63, 3.8) is 0 Å². The molecular weight excluding hydrogens is 273 g/mol. The number of aromatic nitrogens is 1. The van der Waals surface area contributed by atoms with Crippen molar-refractivity contribution in [3.05, 3.63) is 38.9 Å². The highest BCUT2D eigenvalue weighted by molar-refractivity contribution is 9.10. The first-order chi connectivity index (χ1) is 6.18. The Labute approximate surface area is 93.8 Å². The topological polar surface area (TPSA) is 12.9 Å². The first kappa shape index (κ1) is 9.25. The minimum Gasteiger partial charge on any atom is -0.235 e. The summed E-state index contributed by atoms with van der Waals surface area (Å²) in [5.74, 6) is 0. The highest BCUT2D eigenvalue weighted by Gasteiger charge is 2.04. The van der Waals surface area contributed by atoms with Crippen LogP contribution in [0.15, 0.2) is 28.7 Å². The van der Waals surface area contributed by atoms with Crippen LogP contribution in [0.3, 0.4) is 0 Å². The number of halogens is 3. The summed E-state index contributed by atoms with van der Waals surface area (Å²) in [4.78, 5) is 4.17. The number of para-hydroxylation sites is 1. The summed E-state index contributed by atoms with van der Waals surface area (Å²) in [6.45, 7) is 0. The standard InChI is InChI=1S/C9H4BrCl2N/c10-6-3-1-2-5-7(11)4-8(12)13-9(5)6/h1-4H. The van der Waals surface area contributed by atoms with E-state index in [-0.39, 0.29) is 0 Å². The maximum Gasteiger partial charge on any atom is 0.131 e. The van der Waals surface area contributed by atoms with Gasteiger partial charge in [0.15, 0.2) is 0 Å². The first-order valence-electron chi connectivity index (χ1n) is 3.59. The lowest BCUT2D eigenvalue weighted by molar-refractivity contribution is 1.40. The molecule has 1 aromatic carbocycles. The Kier molecular flexibility index (Phi) is 2.45. The molecule has 0 aliphatic carbocycles. The van der Waals surface area contributed by atoms with Crippen LogP contribution in [0.4, 0.5) is 0 Å². The molecule has 0 saturated heterocycles. The van der Waals surface area contributed by atoms with Crippen molar-refractivity contribution in [2.24, 2.45) is 0 Å². The molecule has 0 saturated carbocycles. The van der Waals surface area contributed by atoms with Gasteiger partial charge in [-0.3, -0.25) is 0 Å². The average Bonchev–Trinajstić information content (AvgIpc) is 2.07. The smallest absolute Gasteiger partial charge is 0.131 e. The Bertz CT molecular complexity index is 470. The molecule has 13 heavy (non-hydrogen) atoms. The zero-order valence-corrected chi connectivity index (χ0v) is 9.49. The number of hydrogen-bond donors (Lipinski definition) is 0. The second-order valence-electron chi connectivity index (χ2n) is 2.56. The largest absolute Gasteiger partial charge is 0.235 e. The minimum absolute atomic E-state index is 0.407. The summed E-state index contributed by atoms with van der Waals surface area (Å²) in [5.41, 5.74) is 0.792. The minimum atomic E-state index is 0.407. The average molecular weight is 277 g/mol. The van der Waals surface area contributed by atoms with Crippen molar-refractivity contribution < 1.29 is 0 Å². The van der Waals surface area contributed by atoms with Gasteiger partial charge < -0.3 is 0 Å². The van der Waals surface area contributed by atoms with Crippen LogP contribution in [-0.2, 0) is 0 Å². The molecule has 1 aromatic heterocycles. The first-order valence-corrected chi connectivity index (χ1v) is 5.13. The van der Waals surface area contributed by atoms with Gasteiger partial charge in [0, 0.05) is 9.86 Å². The fraction of sp³-hybridized carbons (Fsp3) is 0. The predicted molar refractivity (Wildman–Crippen MR) is 59.5 cm³/mol. The predicted octanol–water partition coefficient (Wildman–Crippen LogP) is 4.30. The van der Waals surface area contributed by atoms with Gasteiger partial charge in [0.05, 0.1) is 10.5 Å². The van der Waals surface area contributed by atoms with Crippen molar-refractivity contribution >= 4 is 50.0 Å². The molecule has 66 valence electrons. The van der Waals surface area contributed by atoms with Gasteiger partial charge in [-0.15, -0.1) is 0 Å². The van der Waals surface area contributed by atoms with Crippen molar-refractivity contribution in [2.45, 2.75) is 0 Å². The molecule has 0 radical (unpaired) electrons. The normalized spacial score (nSPS) is 10.7. The Hall–Kier alpha value is -0.310. The van der Waals surface area contributed by atoms with E-state index in [1.54, 1.807) is 6.07 Å². The van der Waals surface area contributed by atoms with E-state index in [4.69, 9.17) is 23.2 Å². The molecular formula is C9H4BrCl2N. The SMILES string of the molecule is Clc1cc(Cl)c2cccc(Br)c2n1. The van der Waals surface area contributed by atoms with E-state index in [2.05, 4.69) is 20.9 Å². The maximum atomic E-state index is 5.99. The zero-order chi connectivity index (χ0) is 9.42. The van der Waals surface area contributed by atoms with Crippen LogP contribution in [0.2, 0.25) is 10.2 Å². The van der Waals surface area contributed by atoms with Gasteiger partial charge in [0.2, 0.25) is 0 Å². The summed E-state index contributed by atoms with van der Waals surface area (Å²) < 4.78 is 0.898. The summed E-state index contributed by atoms with van der Waals surface area (Å²) in [5, 5.41) is 1.93. The molecule has 0 atom stereocenters. The van der Waals surface area contributed by atoms with Crippen LogP contribution in [0.1, 0.15) is 0 Å². The highest BCUT2D eigenvalue weighted by Crippen LogP contribution is 2.29.